The van der Waals surface area contributed by atoms with Crippen molar-refractivity contribution < 1.29 is 4.74 Å². The van der Waals surface area contributed by atoms with Gasteiger partial charge < -0.3 is 9.30 Å². The first-order valence-corrected chi connectivity index (χ1v) is 8.39. The van der Waals surface area contributed by atoms with Crippen molar-refractivity contribution in [2.45, 2.75) is 25.8 Å². The van der Waals surface area contributed by atoms with Gasteiger partial charge in [0.25, 0.3) is 0 Å². The van der Waals surface area contributed by atoms with Gasteiger partial charge >= 0.3 is 0 Å². The monoisotopic (exact) mass is 356 g/mol. The van der Waals surface area contributed by atoms with Crippen LogP contribution < -0.4 is 0 Å². The molecule has 1 atom stereocenters. The van der Waals surface area contributed by atoms with Gasteiger partial charge in [-0.3, -0.25) is 0 Å². The molecule has 1 aromatic heterocycles. The van der Waals surface area contributed by atoms with Crippen LogP contribution in [0, 0.1) is 5.92 Å². The Morgan fingerprint density at radius 3 is 3.10 bits per heavy atom. The standard InChI is InChI=1S/C15H18BrClN2O/c16-12-3-4-13-14(8-12)19(15(18-13)5-6-17)9-11-2-1-7-20-10-11/h3-4,8,11H,1-2,5-7,9-10H2. The number of ether oxygens (including phenoxy) is 1. The molecule has 3 nitrogen and oxygen atoms in total. The van der Waals surface area contributed by atoms with Crippen LogP contribution in [0.3, 0.4) is 0 Å². The molecule has 2 heterocycles. The van der Waals surface area contributed by atoms with Crippen molar-refractivity contribution in [1.82, 2.24) is 9.55 Å². The summed E-state index contributed by atoms with van der Waals surface area (Å²) in [6.07, 6.45) is 3.20. The molecule has 5 heteroatoms. The van der Waals surface area contributed by atoms with Crippen LogP contribution in [0.25, 0.3) is 11.0 Å². The molecule has 1 unspecified atom stereocenters. The Kier molecular flexibility index (Phi) is 4.64. The quantitative estimate of drug-likeness (QED) is 0.773. The fraction of sp³-hybridized carbons (Fsp3) is 0.533. The number of hydrogen-bond donors (Lipinski definition) is 0. The van der Waals surface area contributed by atoms with Crippen molar-refractivity contribution in [2.75, 3.05) is 19.1 Å². The van der Waals surface area contributed by atoms with Crippen molar-refractivity contribution in [3.8, 4) is 0 Å². The first kappa shape index (κ1) is 14.4. The molecule has 2 aromatic rings. The maximum Gasteiger partial charge on any atom is 0.111 e. The fourth-order valence-corrected chi connectivity index (χ4v) is 3.35. The number of imidazole rings is 1. The molecular weight excluding hydrogens is 340 g/mol. The van der Waals surface area contributed by atoms with E-state index in [4.69, 9.17) is 21.3 Å². The molecule has 1 aliphatic heterocycles. The minimum absolute atomic E-state index is 0.578. The van der Waals surface area contributed by atoms with Gasteiger partial charge in [-0.05, 0) is 31.0 Å². The molecule has 1 aliphatic rings. The second-order valence-electron chi connectivity index (χ2n) is 5.29. The highest BCUT2D eigenvalue weighted by Gasteiger charge is 2.18. The highest BCUT2D eigenvalue weighted by Crippen LogP contribution is 2.24. The summed E-state index contributed by atoms with van der Waals surface area (Å²) in [7, 11) is 0. The maximum atomic E-state index is 5.92. The van der Waals surface area contributed by atoms with Crippen molar-refractivity contribution in [3.63, 3.8) is 0 Å². The van der Waals surface area contributed by atoms with Gasteiger partial charge in [-0.2, -0.15) is 0 Å². The zero-order valence-electron chi connectivity index (χ0n) is 11.3. The summed E-state index contributed by atoms with van der Waals surface area (Å²) in [6.45, 7) is 2.73. The van der Waals surface area contributed by atoms with E-state index in [2.05, 4.69) is 32.6 Å². The molecule has 1 fully saturated rings. The normalized spacial score (nSPS) is 19.6. The molecule has 3 rings (SSSR count). The average molecular weight is 358 g/mol. The lowest BCUT2D eigenvalue weighted by molar-refractivity contribution is 0.0485. The Hall–Kier alpha value is -0.580. The van der Waals surface area contributed by atoms with E-state index in [-0.39, 0.29) is 0 Å². The topological polar surface area (TPSA) is 27.1 Å². The summed E-state index contributed by atoms with van der Waals surface area (Å²) < 4.78 is 9.01. The van der Waals surface area contributed by atoms with E-state index in [1.165, 1.54) is 11.9 Å². The Bertz CT molecular complexity index is 593. The van der Waals surface area contributed by atoms with Gasteiger partial charge in [-0.1, -0.05) is 15.9 Å². The third-order valence-electron chi connectivity index (χ3n) is 3.80. The minimum Gasteiger partial charge on any atom is -0.381 e. The molecular formula is C15H18BrClN2O. The van der Waals surface area contributed by atoms with E-state index < -0.39 is 0 Å². The molecule has 0 N–H and O–H groups in total. The fourth-order valence-electron chi connectivity index (χ4n) is 2.83. The Morgan fingerprint density at radius 1 is 1.45 bits per heavy atom. The van der Waals surface area contributed by atoms with E-state index in [1.807, 2.05) is 6.07 Å². The number of aryl methyl sites for hydroxylation is 1. The Morgan fingerprint density at radius 2 is 2.35 bits per heavy atom. The van der Waals surface area contributed by atoms with Crippen LogP contribution in [-0.2, 0) is 17.7 Å². The number of fused-ring (bicyclic) bond motifs is 1. The van der Waals surface area contributed by atoms with E-state index >= 15 is 0 Å². The predicted molar refractivity (Wildman–Crippen MR) is 85.4 cm³/mol. The molecule has 1 saturated heterocycles. The molecule has 0 bridgehead atoms. The van der Waals surface area contributed by atoms with Crippen LogP contribution in [-0.4, -0.2) is 28.6 Å². The van der Waals surface area contributed by atoms with Crippen LogP contribution in [0.5, 0.6) is 0 Å². The van der Waals surface area contributed by atoms with Gasteiger partial charge in [0.2, 0.25) is 0 Å². The van der Waals surface area contributed by atoms with Crippen molar-refractivity contribution in [3.05, 3.63) is 28.5 Å². The maximum absolute atomic E-state index is 5.92. The number of nitrogens with zero attached hydrogens (tertiary/aromatic N) is 2. The average Bonchev–Trinajstić information content (AvgIpc) is 2.78. The summed E-state index contributed by atoms with van der Waals surface area (Å²) in [5, 5.41) is 0. The van der Waals surface area contributed by atoms with E-state index in [9.17, 15) is 0 Å². The predicted octanol–water partition coefficient (Wildman–Crippen LogP) is 4.01. The summed E-state index contributed by atoms with van der Waals surface area (Å²) >= 11 is 9.47. The number of aromatic nitrogens is 2. The second-order valence-corrected chi connectivity index (χ2v) is 6.59. The zero-order valence-corrected chi connectivity index (χ0v) is 13.7. The van der Waals surface area contributed by atoms with Crippen LogP contribution >= 0.6 is 27.5 Å². The number of alkyl halides is 1. The lowest BCUT2D eigenvalue weighted by Gasteiger charge is -2.23. The minimum atomic E-state index is 0.578. The smallest absolute Gasteiger partial charge is 0.111 e. The highest BCUT2D eigenvalue weighted by molar-refractivity contribution is 9.10. The van der Waals surface area contributed by atoms with Gasteiger partial charge in [0.1, 0.15) is 5.82 Å². The van der Waals surface area contributed by atoms with E-state index in [1.54, 1.807) is 0 Å². The summed E-state index contributed by atoms with van der Waals surface area (Å²) in [6, 6.07) is 6.24. The van der Waals surface area contributed by atoms with Gasteiger partial charge in [0.05, 0.1) is 17.6 Å². The lowest BCUT2D eigenvalue weighted by Crippen LogP contribution is -2.23. The van der Waals surface area contributed by atoms with Gasteiger partial charge in [0, 0.05) is 35.8 Å². The van der Waals surface area contributed by atoms with Crippen LogP contribution in [0.2, 0.25) is 0 Å². The molecule has 108 valence electrons. The van der Waals surface area contributed by atoms with E-state index in [0.29, 0.717) is 11.8 Å². The molecule has 0 spiro atoms. The molecule has 1 aromatic carbocycles. The first-order chi connectivity index (χ1) is 9.78. The largest absolute Gasteiger partial charge is 0.381 e. The zero-order chi connectivity index (χ0) is 13.9. The second kappa shape index (κ2) is 6.46. The SMILES string of the molecule is ClCCc1nc2ccc(Br)cc2n1CC1CCCOC1. The van der Waals surface area contributed by atoms with Crippen LogP contribution in [0.15, 0.2) is 22.7 Å². The van der Waals surface area contributed by atoms with Crippen molar-refractivity contribution in [2.24, 2.45) is 5.92 Å². The molecule has 0 amide bonds. The molecule has 20 heavy (non-hydrogen) atoms. The first-order valence-electron chi connectivity index (χ1n) is 7.06. The van der Waals surface area contributed by atoms with Crippen molar-refractivity contribution >= 4 is 38.6 Å². The number of halogens is 2. The molecule has 0 aliphatic carbocycles. The Labute approximate surface area is 132 Å². The molecule has 0 saturated carbocycles. The summed E-state index contributed by atoms with van der Waals surface area (Å²) in [5.74, 6) is 2.26. The summed E-state index contributed by atoms with van der Waals surface area (Å²) in [4.78, 5) is 4.73. The third-order valence-corrected chi connectivity index (χ3v) is 4.49. The Balaban J connectivity index is 1.96. The van der Waals surface area contributed by atoms with Gasteiger partial charge in [-0.15, -0.1) is 11.6 Å². The third kappa shape index (κ3) is 3.02. The lowest BCUT2D eigenvalue weighted by atomic mass is 10.0. The van der Waals surface area contributed by atoms with Gasteiger partial charge in [0.15, 0.2) is 0 Å². The van der Waals surface area contributed by atoms with Crippen LogP contribution in [0.1, 0.15) is 18.7 Å². The van der Waals surface area contributed by atoms with Crippen LogP contribution in [0.4, 0.5) is 0 Å². The van der Waals surface area contributed by atoms with Gasteiger partial charge in [-0.25, -0.2) is 4.98 Å². The van der Waals surface area contributed by atoms with Crippen molar-refractivity contribution in [1.29, 1.82) is 0 Å². The van der Waals surface area contributed by atoms with E-state index in [0.717, 1.165) is 48.4 Å². The summed E-state index contributed by atoms with van der Waals surface area (Å²) in [5.41, 5.74) is 2.23. The number of rotatable bonds is 4. The number of hydrogen-bond acceptors (Lipinski definition) is 2. The molecule has 0 radical (unpaired) electrons. The highest BCUT2D eigenvalue weighted by atomic mass is 79.9. The number of benzene rings is 1.